The molecule has 5 heteroatoms. The van der Waals surface area contributed by atoms with Crippen molar-refractivity contribution in [3.05, 3.63) is 0 Å². The molecule has 0 aromatic heterocycles. The van der Waals surface area contributed by atoms with E-state index in [0.29, 0.717) is 25.7 Å². The van der Waals surface area contributed by atoms with Crippen LogP contribution in [0.2, 0.25) is 0 Å². The number of ether oxygens (including phenoxy) is 1. The maximum atomic E-state index is 11.7. The molecule has 1 saturated heterocycles. The van der Waals surface area contributed by atoms with Crippen molar-refractivity contribution < 1.29 is 14.6 Å². The van der Waals surface area contributed by atoms with Crippen molar-refractivity contribution in [2.75, 3.05) is 19.8 Å². The number of aliphatic hydroxyl groups is 1. The second-order valence-electron chi connectivity index (χ2n) is 5.81. The van der Waals surface area contributed by atoms with Gasteiger partial charge in [0.05, 0.1) is 18.2 Å². The van der Waals surface area contributed by atoms with Gasteiger partial charge in [-0.1, -0.05) is 19.8 Å². The van der Waals surface area contributed by atoms with Gasteiger partial charge in [0.2, 0.25) is 0 Å². The van der Waals surface area contributed by atoms with Crippen molar-refractivity contribution >= 4 is 6.03 Å². The van der Waals surface area contributed by atoms with Crippen LogP contribution in [0.1, 0.15) is 39.0 Å². The van der Waals surface area contributed by atoms with Crippen LogP contribution in [0.15, 0.2) is 0 Å². The second kappa shape index (κ2) is 5.89. The van der Waals surface area contributed by atoms with Crippen molar-refractivity contribution in [2.24, 2.45) is 5.92 Å². The predicted octanol–water partition coefficient (Wildman–Crippen LogP) is 1.02. The number of hydrogen-bond donors (Lipinski definition) is 3. The quantitative estimate of drug-likeness (QED) is 0.706. The summed E-state index contributed by atoms with van der Waals surface area (Å²) in [4.78, 5) is 11.7. The molecule has 0 bridgehead atoms. The Hall–Kier alpha value is -0.810. The lowest BCUT2D eigenvalue weighted by molar-refractivity contribution is -0.00957. The Kier molecular flexibility index (Phi) is 4.45. The molecule has 2 rings (SSSR count). The lowest BCUT2D eigenvalue weighted by Gasteiger charge is -2.35. The van der Waals surface area contributed by atoms with Crippen molar-refractivity contribution in [1.29, 1.82) is 0 Å². The lowest BCUT2D eigenvalue weighted by Crippen LogP contribution is -2.50. The molecule has 5 nitrogen and oxygen atoms in total. The molecule has 0 aromatic carbocycles. The highest BCUT2D eigenvalue weighted by Crippen LogP contribution is 2.31. The third-order valence-electron chi connectivity index (χ3n) is 3.91. The van der Waals surface area contributed by atoms with Gasteiger partial charge < -0.3 is 20.5 Å². The van der Waals surface area contributed by atoms with Gasteiger partial charge in [0.25, 0.3) is 0 Å². The zero-order valence-corrected chi connectivity index (χ0v) is 11.1. The zero-order valence-electron chi connectivity index (χ0n) is 11.1. The first-order chi connectivity index (χ1) is 8.57. The molecule has 1 saturated carbocycles. The van der Waals surface area contributed by atoms with E-state index in [4.69, 9.17) is 4.74 Å². The largest absolute Gasteiger partial charge is 0.388 e. The molecule has 1 heterocycles. The highest BCUT2D eigenvalue weighted by molar-refractivity contribution is 5.74. The minimum Gasteiger partial charge on any atom is -0.388 e. The minimum atomic E-state index is -0.721. The molecule has 3 N–H and O–H groups in total. The summed E-state index contributed by atoms with van der Waals surface area (Å²) in [5, 5.41) is 16.0. The van der Waals surface area contributed by atoms with E-state index in [1.807, 2.05) is 0 Å². The molecule has 0 aromatic rings. The van der Waals surface area contributed by atoms with Crippen molar-refractivity contribution in [2.45, 2.75) is 50.7 Å². The molecule has 3 unspecified atom stereocenters. The first-order valence-electron chi connectivity index (χ1n) is 6.92. The maximum absolute atomic E-state index is 11.7. The highest BCUT2D eigenvalue weighted by Gasteiger charge is 2.33. The third-order valence-corrected chi connectivity index (χ3v) is 3.91. The first-order valence-corrected chi connectivity index (χ1v) is 6.92. The summed E-state index contributed by atoms with van der Waals surface area (Å²) in [5.74, 6) is 0.539. The number of hydrogen-bond acceptors (Lipinski definition) is 3. The van der Waals surface area contributed by atoms with Crippen LogP contribution in [0.5, 0.6) is 0 Å². The monoisotopic (exact) mass is 256 g/mol. The summed E-state index contributed by atoms with van der Waals surface area (Å²) < 4.78 is 5.19. The van der Waals surface area contributed by atoms with E-state index in [1.165, 1.54) is 6.42 Å². The Balaban J connectivity index is 1.71. The summed E-state index contributed by atoms with van der Waals surface area (Å²) in [7, 11) is 0. The topological polar surface area (TPSA) is 70.6 Å². The fourth-order valence-corrected chi connectivity index (χ4v) is 2.92. The molecular formula is C13H24N2O3. The van der Waals surface area contributed by atoms with E-state index >= 15 is 0 Å². The van der Waals surface area contributed by atoms with Gasteiger partial charge >= 0.3 is 6.03 Å². The third kappa shape index (κ3) is 3.85. The lowest BCUT2D eigenvalue weighted by atomic mass is 9.79. The Bertz CT molecular complexity index is 292. The normalized spacial score (nSPS) is 36.3. The molecular weight excluding hydrogens is 232 g/mol. The van der Waals surface area contributed by atoms with E-state index < -0.39 is 5.60 Å². The van der Waals surface area contributed by atoms with Crippen LogP contribution in [0.4, 0.5) is 4.79 Å². The van der Waals surface area contributed by atoms with Gasteiger partial charge in [-0.25, -0.2) is 4.79 Å². The van der Waals surface area contributed by atoms with Crippen LogP contribution < -0.4 is 10.6 Å². The number of carbonyl (C=O) groups is 1. The molecule has 0 spiro atoms. The molecule has 104 valence electrons. The summed E-state index contributed by atoms with van der Waals surface area (Å²) in [6.07, 6.45) is 4.64. The van der Waals surface area contributed by atoms with Gasteiger partial charge in [-0.15, -0.1) is 0 Å². The SMILES string of the molecule is CC1CCCC(O)(CNC(=O)NC2CCOC2)C1. The van der Waals surface area contributed by atoms with Crippen LogP contribution in [-0.2, 0) is 4.74 Å². The Morgan fingerprint density at radius 2 is 2.33 bits per heavy atom. The van der Waals surface area contributed by atoms with Crippen molar-refractivity contribution in [1.82, 2.24) is 10.6 Å². The molecule has 2 amide bonds. The number of rotatable bonds is 3. The van der Waals surface area contributed by atoms with Crippen molar-refractivity contribution in [3.63, 3.8) is 0 Å². The molecule has 0 radical (unpaired) electrons. The van der Waals surface area contributed by atoms with E-state index in [0.717, 1.165) is 25.7 Å². The van der Waals surface area contributed by atoms with E-state index in [1.54, 1.807) is 0 Å². The number of nitrogens with one attached hydrogen (secondary N) is 2. The van der Waals surface area contributed by atoms with E-state index in [-0.39, 0.29) is 12.1 Å². The molecule has 1 aliphatic carbocycles. The molecule has 1 aliphatic heterocycles. The predicted molar refractivity (Wildman–Crippen MR) is 68.3 cm³/mol. The summed E-state index contributed by atoms with van der Waals surface area (Å²) in [5.41, 5.74) is -0.721. The summed E-state index contributed by atoms with van der Waals surface area (Å²) in [6.45, 7) is 3.80. The van der Waals surface area contributed by atoms with Gasteiger partial charge in [-0.2, -0.15) is 0 Å². The fraction of sp³-hybridized carbons (Fsp3) is 0.923. The average Bonchev–Trinajstić information content (AvgIpc) is 2.79. The maximum Gasteiger partial charge on any atom is 0.315 e. The van der Waals surface area contributed by atoms with E-state index in [9.17, 15) is 9.90 Å². The molecule has 2 fully saturated rings. The van der Waals surface area contributed by atoms with Crippen LogP contribution in [0, 0.1) is 5.92 Å². The second-order valence-corrected chi connectivity index (χ2v) is 5.81. The van der Waals surface area contributed by atoms with Crippen molar-refractivity contribution in [3.8, 4) is 0 Å². The summed E-state index contributed by atoms with van der Waals surface area (Å²) >= 11 is 0. The van der Waals surface area contributed by atoms with Crippen LogP contribution in [0.25, 0.3) is 0 Å². The number of carbonyl (C=O) groups excluding carboxylic acids is 1. The van der Waals surface area contributed by atoms with Gasteiger partial charge in [0.15, 0.2) is 0 Å². The van der Waals surface area contributed by atoms with Crippen LogP contribution in [0.3, 0.4) is 0 Å². The van der Waals surface area contributed by atoms with Crippen LogP contribution in [-0.4, -0.2) is 42.5 Å². The van der Waals surface area contributed by atoms with Gasteiger partial charge in [-0.05, 0) is 25.2 Å². The Labute approximate surface area is 108 Å². The fourth-order valence-electron chi connectivity index (χ4n) is 2.92. The first kappa shape index (κ1) is 13.6. The van der Waals surface area contributed by atoms with E-state index in [2.05, 4.69) is 17.6 Å². The Morgan fingerprint density at radius 3 is 3.00 bits per heavy atom. The highest BCUT2D eigenvalue weighted by atomic mass is 16.5. The molecule has 18 heavy (non-hydrogen) atoms. The Morgan fingerprint density at radius 1 is 1.50 bits per heavy atom. The van der Waals surface area contributed by atoms with Gasteiger partial charge in [0, 0.05) is 13.2 Å². The zero-order chi connectivity index (χ0) is 13.0. The number of amides is 2. The standard InChI is InChI=1S/C13H24N2O3/c1-10-3-2-5-13(17,7-10)9-14-12(16)15-11-4-6-18-8-11/h10-11,17H,2-9H2,1H3,(H2,14,15,16). The average molecular weight is 256 g/mol. The smallest absolute Gasteiger partial charge is 0.315 e. The minimum absolute atomic E-state index is 0.116. The molecule has 2 aliphatic rings. The molecule has 3 atom stereocenters. The summed E-state index contributed by atoms with van der Waals surface area (Å²) in [6, 6.07) is -0.0814. The van der Waals surface area contributed by atoms with Gasteiger partial charge in [-0.3, -0.25) is 0 Å². The van der Waals surface area contributed by atoms with Gasteiger partial charge in [0.1, 0.15) is 0 Å². The number of urea groups is 1. The van der Waals surface area contributed by atoms with Crippen LogP contribution >= 0.6 is 0 Å².